The van der Waals surface area contributed by atoms with Crippen molar-refractivity contribution in [3.63, 3.8) is 0 Å². The van der Waals surface area contributed by atoms with Crippen molar-refractivity contribution in [3.8, 4) is 0 Å². The van der Waals surface area contributed by atoms with Crippen molar-refractivity contribution in [2.75, 3.05) is 0 Å². The number of allylic oxidation sites excluding steroid dienone is 1. The predicted molar refractivity (Wildman–Crippen MR) is 70.9 cm³/mol. The smallest absolute Gasteiger partial charge is 0.203 e. The van der Waals surface area contributed by atoms with E-state index >= 15 is 0 Å². The molecule has 0 saturated carbocycles. The van der Waals surface area contributed by atoms with Crippen LogP contribution in [0.4, 0.5) is 0 Å². The normalized spacial score (nSPS) is 10.9. The van der Waals surface area contributed by atoms with Gasteiger partial charge in [0.2, 0.25) is 5.62 Å². The Bertz CT molecular complexity index is 575. The number of aromatic nitrogens is 2. The van der Waals surface area contributed by atoms with E-state index in [0.29, 0.717) is 12.2 Å². The number of imidazole rings is 1. The van der Waals surface area contributed by atoms with Gasteiger partial charge in [0.05, 0.1) is 11.0 Å². The van der Waals surface area contributed by atoms with Gasteiger partial charge in [-0.3, -0.25) is 5.41 Å². The lowest BCUT2D eigenvalue weighted by Gasteiger charge is -2.02. The second-order valence-electron chi connectivity index (χ2n) is 4.22. The van der Waals surface area contributed by atoms with Gasteiger partial charge in [0.25, 0.3) is 0 Å². The van der Waals surface area contributed by atoms with E-state index < -0.39 is 0 Å². The Morgan fingerprint density at radius 2 is 1.88 bits per heavy atom. The Hall–Kier alpha value is -1.77. The first-order chi connectivity index (χ1) is 8.29. The van der Waals surface area contributed by atoms with Crippen molar-refractivity contribution in [1.82, 2.24) is 9.13 Å². The molecule has 0 aliphatic carbocycles. The van der Waals surface area contributed by atoms with Crippen molar-refractivity contribution < 1.29 is 0 Å². The minimum absolute atomic E-state index is 0.569. The summed E-state index contributed by atoms with van der Waals surface area (Å²) in [6, 6.07) is 8.20. The van der Waals surface area contributed by atoms with Crippen molar-refractivity contribution in [1.29, 1.82) is 5.41 Å². The number of hydrogen-bond donors (Lipinski definition) is 1. The molecule has 0 radical (unpaired) electrons. The molecule has 0 aliphatic rings. The van der Waals surface area contributed by atoms with Crippen LogP contribution in [0.15, 0.2) is 36.9 Å². The van der Waals surface area contributed by atoms with Crippen LogP contribution in [0.25, 0.3) is 11.0 Å². The Labute approximate surface area is 102 Å². The molecule has 1 heterocycles. The molecule has 0 fully saturated rings. The van der Waals surface area contributed by atoms with E-state index in [4.69, 9.17) is 5.41 Å². The third-order valence-electron chi connectivity index (χ3n) is 3.02. The number of unbranched alkanes of at least 4 members (excludes halogenated alkanes) is 1. The zero-order valence-corrected chi connectivity index (χ0v) is 10.3. The lowest BCUT2D eigenvalue weighted by Crippen LogP contribution is -2.24. The molecular formula is C14H19N3. The van der Waals surface area contributed by atoms with Gasteiger partial charge in [-0.2, -0.15) is 0 Å². The topological polar surface area (TPSA) is 33.7 Å². The number of rotatable bonds is 5. The molecule has 0 spiro atoms. The lowest BCUT2D eigenvalue weighted by molar-refractivity contribution is 0.589. The van der Waals surface area contributed by atoms with E-state index in [9.17, 15) is 0 Å². The average molecular weight is 229 g/mol. The summed E-state index contributed by atoms with van der Waals surface area (Å²) in [5, 5.41) is 8.23. The minimum Gasteiger partial charge on any atom is -0.310 e. The van der Waals surface area contributed by atoms with Crippen LogP contribution in [0.1, 0.15) is 19.8 Å². The van der Waals surface area contributed by atoms with E-state index in [1.807, 2.05) is 22.8 Å². The quantitative estimate of drug-likeness (QED) is 0.765. The van der Waals surface area contributed by atoms with Crippen LogP contribution in [0.5, 0.6) is 0 Å². The van der Waals surface area contributed by atoms with Gasteiger partial charge in [-0.05, 0) is 18.6 Å². The summed E-state index contributed by atoms with van der Waals surface area (Å²) in [7, 11) is 0. The highest BCUT2D eigenvalue weighted by atomic mass is 15.2. The maximum Gasteiger partial charge on any atom is 0.203 e. The molecule has 0 aliphatic heterocycles. The predicted octanol–water partition coefficient (Wildman–Crippen LogP) is 2.91. The molecule has 0 unspecified atom stereocenters. The Balaban J connectivity index is 2.61. The number of benzene rings is 1. The van der Waals surface area contributed by atoms with Crippen LogP contribution >= 0.6 is 0 Å². The van der Waals surface area contributed by atoms with Crippen LogP contribution in [-0.2, 0) is 13.1 Å². The van der Waals surface area contributed by atoms with Gasteiger partial charge >= 0.3 is 0 Å². The lowest BCUT2D eigenvalue weighted by atomic mass is 10.3. The summed E-state index contributed by atoms with van der Waals surface area (Å²) in [4.78, 5) is 0. The molecule has 1 aromatic heterocycles. The van der Waals surface area contributed by atoms with Crippen molar-refractivity contribution in [3.05, 3.63) is 42.5 Å². The molecule has 0 saturated heterocycles. The molecule has 1 N–H and O–H groups in total. The third kappa shape index (κ3) is 2.05. The molecule has 17 heavy (non-hydrogen) atoms. The summed E-state index contributed by atoms with van der Waals surface area (Å²) < 4.78 is 4.08. The van der Waals surface area contributed by atoms with E-state index in [0.717, 1.165) is 30.4 Å². The maximum absolute atomic E-state index is 8.23. The highest BCUT2D eigenvalue weighted by Crippen LogP contribution is 2.13. The SMILES string of the molecule is C=CCn1c(=N)n(CCCC)c2ccccc21. The number of nitrogens with zero attached hydrogens (tertiary/aromatic N) is 2. The van der Waals surface area contributed by atoms with Gasteiger partial charge in [0.1, 0.15) is 0 Å². The first kappa shape index (κ1) is 11.7. The van der Waals surface area contributed by atoms with Crippen molar-refractivity contribution in [2.24, 2.45) is 0 Å². The fourth-order valence-electron chi connectivity index (χ4n) is 2.15. The summed E-state index contributed by atoms with van der Waals surface area (Å²) >= 11 is 0. The van der Waals surface area contributed by atoms with Gasteiger partial charge in [-0.1, -0.05) is 31.6 Å². The largest absolute Gasteiger partial charge is 0.310 e. The monoisotopic (exact) mass is 229 g/mol. The summed E-state index contributed by atoms with van der Waals surface area (Å²) in [6.07, 6.45) is 4.10. The van der Waals surface area contributed by atoms with Crippen molar-refractivity contribution >= 4 is 11.0 Å². The highest BCUT2D eigenvalue weighted by molar-refractivity contribution is 5.75. The molecule has 1 aromatic carbocycles. The van der Waals surface area contributed by atoms with Gasteiger partial charge in [0, 0.05) is 13.1 Å². The fourth-order valence-corrected chi connectivity index (χ4v) is 2.15. The van der Waals surface area contributed by atoms with Gasteiger partial charge < -0.3 is 9.13 Å². The van der Waals surface area contributed by atoms with E-state index in [1.165, 1.54) is 0 Å². The molecule has 0 bridgehead atoms. The first-order valence-electron chi connectivity index (χ1n) is 6.13. The molecule has 3 heteroatoms. The van der Waals surface area contributed by atoms with Gasteiger partial charge in [0.15, 0.2) is 0 Å². The zero-order valence-electron chi connectivity index (χ0n) is 10.3. The Morgan fingerprint density at radius 1 is 1.24 bits per heavy atom. The van der Waals surface area contributed by atoms with Gasteiger partial charge in [-0.25, -0.2) is 0 Å². The zero-order chi connectivity index (χ0) is 12.3. The van der Waals surface area contributed by atoms with Crippen LogP contribution in [0.2, 0.25) is 0 Å². The summed E-state index contributed by atoms with van der Waals surface area (Å²) in [6.45, 7) is 7.55. The van der Waals surface area contributed by atoms with Crippen LogP contribution in [0.3, 0.4) is 0 Å². The number of aryl methyl sites for hydroxylation is 1. The number of para-hydroxylation sites is 2. The molecular weight excluding hydrogens is 210 g/mol. The summed E-state index contributed by atoms with van der Waals surface area (Å²) in [5.74, 6) is 0. The number of nitrogens with one attached hydrogen (secondary N) is 1. The molecule has 90 valence electrons. The Kier molecular flexibility index (Phi) is 3.47. The number of fused-ring (bicyclic) bond motifs is 1. The average Bonchev–Trinajstić information content (AvgIpc) is 2.61. The van der Waals surface area contributed by atoms with Gasteiger partial charge in [-0.15, -0.1) is 6.58 Å². The van der Waals surface area contributed by atoms with E-state index in [1.54, 1.807) is 0 Å². The second kappa shape index (κ2) is 5.04. The fraction of sp³-hybridized carbons (Fsp3) is 0.357. The van der Waals surface area contributed by atoms with Crippen molar-refractivity contribution in [2.45, 2.75) is 32.9 Å². The molecule has 2 aromatic rings. The summed E-state index contributed by atoms with van der Waals surface area (Å²) in [5.41, 5.74) is 2.83. The molecule has 3 nitrogen and oxygen atoms in total. The standard InChI is InChI=1S/C14H19N3/c1-3-5-11-17-13-9-7-6-8-12(13)16(10-4-2)14(17)15/h4,6-9,15H,2-3,5,10-11H2,1H3. The number of hydrogen-bond acceptors (Lipinski definition) is 1. The van der Waals surface area contributed by atoms with E-state index in [-0.39, 0.29) is 0 Å². The molecule has 0 atom stereocenters. The minimum atomic E-state index is 0.569. The van der Waals surface area contributed by atoms with Crippen LogP contribution < -0.4 is 5.62 Å². The van der Waals surface area contributed by atoms with Crippen LogP contribution in [0, 0.1) is 5.41 Å². The van der Waals surface area contributed by atoms with E-state index in [2.05, 4.69) is 30.2 Å². The first-order valence-corrected chi connectivity index (χ1v) is 6.13. The third-order valence-corrected chi connectivity index (χ3v) is 3.02. The van der Waals surface area contributed by atoms with Crippen LogP contribution in [-0.4, -0.2) is 9.13 Å². The Morgan fingerprint density at radius 3 is 2.47 bits per heavy atom. The molecule has 0 amide bonds. The maximum atomic E-state index is 8.23. The highest BCUT2D eigenvalue weighted by Gasteiger charge is 2.08. The molecule has 2 rings (SSSR count). The second-order valence-corrected chi connectivity index (χ2v) is 4.22.